The maximum Gasteiger partial charge on any atom is 0.0878 e. The Bertz CT molecular complexity index is 496. The highest BCUT2D eigenvalue weighted by Gasteiger charge is 2.24. The topological polar surface area (TPSA) is 36.0 Å². The van der Waals surface area contributed by atoms with Crippen molar-refractivity contribution < 1.29 is 5.11 Å². The van der Waals surface area contributed by atoms with Crippen molar-refractivity contribution in [2.45, 2.75) is 25.4 Å². The number of H-pyrrole nitrogens is 1. The summed E-state index contributed by atoms with van der Waals surface area (Å²) in [7, 11) is 0. The summed E-state index contributed by atoms with van der Waals surface area (Å²) in [6, 6.07) is 7.98. The molecule has 0 radical (unpaired) electrons. The van der Waals surface area contributed by atoms with E-state index in [1.807, 2.05) is 43.5 Å². The summed E-state index contributed by atoms with van der Waals surface area (Å²) in [5, 5.41) is 11.6. The molecular weight excluding hydrogens is 198 g/mol. The Morgan fingerprint density at radius 1 is 1.44 bits per heavy atom. The number of hydrogen-bond acceptors (Lipinski definition) is 1. The van der Waals surface area contributed by atoms with Gasteiger partial charge in [-0.25, -0.2) is 0 Å². The number of benzene rings is 1. The molecule has 1 unspecified atom stereocenters. The first-order valence-corrected chi connectivity index (χ1v) is 5.55. The molecule has 84 valence electrons. The van der Waals surface area contributed by atoms with Crippen LogP contribution in [0.1, 0.15) is 25.3 Å². The van der Waals surface area contributed by atoms with Gasteiger partial charge < -0.3 is 10.1 Å². The van der Waals surface area contributed by atoms with E-state index in [1.165, 1.54) is 0 Å². The third-order valence-corrected chi connectivity index (χ3v) is 3.01. The highest BCUT2D eigenvalue weighted by Crippen LogP contribution is 2.31. The second kappa shape index (κ2) is 4.14. The maximum atomic E-state index is 10.5. The van der Waals surface area contributed by atoms with Crippen molar-refractivity contribution in [2.24, 2.45) is 0 Å². The summed E-state index contributed by atoms with van der Waals surface area (Å²) >= 11 is 0. The van der Waals surface area contributed by atoms with E-state index in [4.69, 9.17) is 0 Å². The third-order valence-electron chi connectivity index (χ3n) is 3.01. The van der Waals surface area contributed by atoms with Crippen molar-refractivity contribution in [3.05, 3.63) is 48.7 Å². The van der Waals surface area contributed by atoms with E-state index in [-0.39, 0.29) is 0 Å². The highest BCUT2D eigenvalue weighted by molar-refractivity contribution is 5.83. The molecule has 1 atom stereocenters. The van der Waals surface area contributed by atoms with Gasteiger partial charge in [0.2, 0.25) is 0 Å². The second-order valence-corrected chi connectivity index (χ2v) is 4.35. The van der Waals surface area contributed by atoms with Crippen LogP contribution in [0, 0.1) is 0 Å². The first-order chi connectivity index (χ1) is 7.65. The summed E-state index contributed by atoms with van der Waals surface area (Å²) in [6.45, 7) is 5.55. The van der Waals surface area contributed by atoms with Crippen LogP contribution in [0.25, 0.3) is 10.9 Å². The molecule has 0 saturated heterocycles. The van der Waals surface area contributed by atoms with Crippen LogP contribution in [0.4, 0.5) is 0 Å². The second-order valence-electron chi connectivity index (χ2n) is 4.35. The SMILES string of the molecule is C=CCCC(C)(O)c1cccc2[nH]ccc12. The fraction of sp³-hybridized carbons (Fsp3) is 0.286. The Morgan fingerprint density at radius 3 is 3.00 bits per heavy atom. The molecule has 2 nitrogen and oxygen atoms in total. The zero-order chi connectivity index (χ0) is 11.6. The predicted molar refractivity (Wildman–Crippen MR) is 67.3 cm³/mol. The van der Waals surface area contributed by atoms with Crippen LogP contribution < -0.4 is 0 Å². The fourth-order valence-corrected chi connectivity index (χ4v) is 2.07. The molecule has 1 aromatic heterocycles. The predicted octanol–water partition coefficient (Wildman–Crippen LogP) is 3.34. The van der Waals surface area contributed by atoms with Gasteiger partial charge in [-0.1, -0.05) is 18.2 Å². The zero-order valence-corrected chi connectivity index (χ0v) is 9.53. The molecule has 2 aromatic rings. The van der Waals surface area contributed by atoms with Gasteiger partial charge in [-0.3, -0.25) is 0 Å². The summed E-state index contributed by atoms with van der Waals surface area (Å²) < 4.78 is 0. The molecular formula is C14H17NO. The van der Waals surface area contributed by atoms with Gasteiger partial charge in [0.15, 0.2) is 0 Å². The molecule has 1 aromatic carbocycles. The zero-order valence-electron chi connectivity index (χ0n) is 9.53. The Hall–Kier alpha value is -1.54. The molecule has 1 heterocycles. The van der Waals surface area contributed by atoms with Crippen molar-refractivity contribution in [2.75, 3.05) is 0 Å². The molecule has 0 aliphatic rings. The van der Waals surface area contributed by atoms with Crippen molar-refractivity contribution in [1.29, 1.82) is 0 Å². The van der Waals surface area contributed by atoms with Crippen molar-refractivity contribution >= 4 is 10.9 Å². The average molecular weight is 215 g/mol. The van der Waals surface area contributed by atoms with Crippen molar-refractivity contribution in [1.82, 2.24) is 4.98 Å². The summed E-state index contributed by atoms with van der Waals surface area (Å²) in [6.07, 6.45) is 5.25. The van der Waals surface area contributed by atoms with Gasteiger partial charge in [-0.15, -0.1) is 6.58 Å². The molecule has 0 saturated carbocycles. The number of hydrogen-bond donors (Lipinski definition) is 2. The lowest BCUT2D eigenvalue weighted by atomic mass is 9.89. The minimum absolute atomic E-state index is 0.695. The Morgan fingerprint density at radius 2 is 2.25 bits per heavy atom. The Balaban J connectivity index is 2.45. The van der Waals surface area contributed by atoms with Gasteiger partial charge in [0.1, 0.15) is 0 Å². The highest BCUT2D eigenvalue weighted by atomic mass is 16.3. The van der Waals surface area contributed by atoms with Crippen LogP contribution in [0.15, 0.2) is 43.1 Å². The normalized spacial score (nSPS) is 14.9. The van der Waals surface area contributed by atoms with Gasteiger partial charge in [-0.05, 0) is 37.5 Å². The van der Waals surface area contributed by atoms with Crippen LogP contribution in [0.5, 0.6) is 0 Å². The summed E-state index contributed by atoms with van der Waals surface area (Å²) in [5.41, 5.74) is 1.25. The number of nitrogens with one attached hydrogen (secondary N) is 1. The van der Waals surface area contributed by atoms with Crippen LogP contribution in [0.2, 0.25) is 0 Å². The number of aromatic amines is 1. The number of allylic oxidation sites excluding steroid dienone is 1. The minimum Gasteiger partial charge on any atom is -0.385 e. The lowest BCUT2D eigenvalue weighted by Crippen LogP contribution is -2.20. The van der Waals surface area contributed by atoms with Gasteiger partial charge in [0, 0.05) is 17.1 Å². The summed E-state index contributed by atoms with van der Waals surface area (Å²) in [4.78, 5) is 3.16. The first-order valence-electron chi connectivity index (χ1n) is 5.55. The standard InChI is InChI=1S/C14H17NO/c1-3-4-9-14(2,16)12-6-5-7-13-11(12)8-10-15-13/h3,5-8,10,15-16H,1,4,9H2,2H3. The van der Waals surface area contributed by atoms with Crippen molar-refractivity contribution in [3.63, 3.8) is 0 Å². The largest absolute Gasteiger partial charge is 0.385 e. The average Bonchev–Trinajstić information content (AvgIpc) is 2.73. The smallest absolute Gasteiger partial charge is 0.0878 e. The molecule has 2 rings (SSSR count). The number of aromatic nitrogens is 1. The fourth-order valence-electron chi connectivity index (χ4n) is 2.07. The molecule has 0 bridgehead atoms. The Kier molecular flexibility index (Phi) is 2.84. The molecule has 0 amide bonds. The molecule has 0 aliphatic carbocycles. The van der Waals surface area contributed by atoms with Crippen LogP contribution in [-0.4, -0.2) is 10.1 Å². The monoisotopic (exact) mass is 215 g/mol. The van der Waals surface area contributed by atoms with Gasteiger partial charge in [0.25, 0.3) is 0 Å². The molecule has 0 aliphatic heterocycles. The van der Waals surface area contributed by atoms with E-state index in [0.29, 0.717) is 6.42 Å². The number of fused-ring (bicyclic) bond motifs is 1. The molecule has 0 fully saturated rings. The summed E-state index contributed by atoms with van der Waals surface area (Å²) in [5.74, 6) is 0. The van der Waals surface area contributed by atoms with E-state index in [2.05, 4.69) is 11.6 Å². The maximum absolute atomic E-state index is 10.5. The van der Waals surface area contributed by atoms with Gasteiger partial charge in [0.05, 0.1) is 5.60 Å². The Labute approximate surface area is 95.6 Å². The lowest BCUT2D eigenvalue weighted by Gasteiger charge is -2.24. The number of rotatable bonds is 4. The van der Waals surface area contributed by atoms with E-state index in [9.17, 15) is 5.11 Å². The van der Waals surface area contributed by atoms with Crippen LogP contribution in [0.3, 0.4) is 0 Å². The van der Waals surface area contributed by atoms with Gasteiger partial charge in [-0.2, -0.15) is 0 Å². The first kappa shape index (κ1) is 11.0. The molecule has 16 heavy (non-hydrogen) atoms. The third kappa shape index (κ3) is 1.89. The van der Waals surface area contributed by atoms with Gasteiger partial charge >= 0.3 is 0 Å². The van der Waals surface area contributed by atoms with Crippen molar-refractivity contribution in [3.8, 4) is 0 Å². The van der Waals surface area contributed by atoms with Crippen LogP contribution in [-0.2, 0) is 5.60 Å². The number of aliphatic hydroxyl groups is 1. The van der Waals surface area contributed by atoms with E-state index >= 15 is 0 Å². The minimum atomic E-state index is -0.796. The van der Waals surface area contributed by atoms with E-state index in [0.717, 1.165) is 22.9 Å². The molecule has 2 heteroatoms. The van der Waals surface area contributed by atoms with E-state index < -0.39 is 5.60 Å². The quantitative estimate of drug-likeness (QED) is 0.754. The molecule has 0 spiro atoms. The van der Waals surface area contributed by atoms with E-state index in [1.54, 1.807) is 0 Å². The van der Waals surface area contributed by atoms with Crippen LogP contribution >= 0.6 is 0 Å². The molecule has 2 N–H and O–H groups in total. The lowest BCUT2D eigenvalue weighted by molar-refractivity contribution is 0.0503.